The van der Waals surface area contributed by atoms with Gasteiger partial charge in [0.05, 0.1) is 6.61 Å². The molecule has 0 aromatic rings. The number of allylic oxidation sites excluding steroid dienone is 18. The van der Waals surface area contributed by atoms with E-state index in [2.05, 4.69) is 130 Å². The van der Waals surface area contributed by atoms with Crippen molar-refractivity contribution in [2.24, 2.45) is 0 Å². The Bertz CT molecular complexity index is 1820. The number of esters is 3. The summed E-state index contributed by atoms with van der Waals surface area (Å²) in [6.45, 7) is 5.73. The van der Waals surface area contributed by atoms with Crippen molar-refractivity contribution >= 4 is 23.9 Å². The molecule has 0 spiro atoms. The van der Waals surface area contributed by atoms with Crippen molar-refractivity contribution in [1.29, 1.82) is 0 Å². The first kappa shape index (κ1) is 74.4. The van der Waals surface area contributed by atoms with Gasteiger partial charge in [0.1, 0.15) is 18.8 Å². The molecule has 0 saturated carbocycles. The van der Waals surface area contributed by atoms with Crippen LogP contribution < -0.4 is 0 Å². The Balaban J connectivity index is 2.70. The van der Waals surface area contributed by atoms with Crippen LogP contribution in [0, 0.1) is 0 Å². The maximum absolute atomic E-state index is 13.2. The van der Waals surface area contributed by atoms with Crippen molar-refractivity contribution in [2.45, 2.75) is 289 Å². The number of hydrogen-bond donors (Lipinski definition) is 3. The number of unbranched alkanes of at least 4 members (excludes halogenated alkanes) is 21. The fourth-order valence-electron chi connectivity index (χ4n) is 8.99. The van der Waals surface area contributed by atoms with E-state index in [0.717, 1.165) is 141 Å². The van der Waals surface area contributed by atoms with Gasteiger partial charge in [-0.25, -0.2) is 4.79 Å². The molecule has 0 aromatic heterocycles. The SMILES string of the molecule is CC/C=C\C/C=C\C/C=C\C/C=C\C/C=C\CCCCCC(=O)OCC(COC1OC(C(=O)O)C(O)C(O)C1OC(=O)CCCCCCCCC/C=C\CCCCCCCC)OC(=O)CCCCCCC/C=C\C/C=C\C/C=C\CC. The largest absolute Gasteiger partial charge is 0.479 e. The number of carbonyl (C=O) groups excluding carboxylic acids is 3. The Kier molecular flexibility index (Phi) is 51.3. The lowest BCUT2D eigenvalue weighted by atomic mass is 9.98. The summed E-state index contributed by atoms with van der Waals surface area (Å²) in [6, 6.07) is 0. The van der Waals surface area contributed by atoms with Crippen molar-refractivity contribution in [3.8, 4) is 0 Å². The second-order valence-corrected chi connectivity index (χ2v) is 21.3. The third-order valence-corrected chi connectivity index (χ3v) is 13.8. The maximum Gasteiger partial charge on any atom is 0.335 e. The van der Waals surface area contributed by atoms with E-state index in [9.17, 15) is 34.5 Å². The van der Waals surface area contributed by atoms with Crippen LogP contribution in [0.25, 0.3) is 0 Å². The highest BCUT2D eigenvalue weighted by molar-refractivity contribution is 5.74. The number of carboxylic acids is 1. The fourth-order valence-corrected chi connectivity index (χ4v) is 8.99. The van der Waals surface area contributed by atoms with Gasteiger partial charge >= 0.3 is 23.9 Å². The third kappa shape index (κ3) is 45.6. The number of ether oxygens (including phenoxy) is 5. The number of rotatable bonds is 53. The molecule has 1 saturated heterocycles. The van der Waals surface area contributed by atoms with Crippen LogP contribution in [0.2, 0.25) is 0 Å². The summed E-state index contributed by atoms with van der Waals surface area (Å²) in [7, 11) is 0. The number of hydrogen-bond acceptors (Lipinski definition) is 11. The highest BCUT2D eigenvalue weighted by Gasteiger charge is 2.50. The molecule has 0 aromatic carbocycles. The lowest BCUT2D eigenvalue weighted by molar-refractivity contribution is -0.301. The molecule has 1 aliphatic heterocycles. The summed E-state index contributed by atoms with van der Waals surface area (Å²) in [5.74, 6) is -3.20. The van der Waals surface area contributed by atoms with Crippen LogP contribution in [-0.2, 0) is 42.9 Å². The van der Waals surface area contributed by atoms with Crippen molar-refractivity contribution < 1.29 is 58.2 Å². The van der Waals surface area contributed by atoms with Gasteiger partial charge in [-0.1, -0.05) is 220 Å². The lowest BCUT2D eigenvalue weighted by Crippen LogP contribution is -2.61. The topological polar surface area (TPSA) is 175 Å². The molecular formula is C69H112O12. The zero-order chi connectivity index (χ0) is 58.9. The van der Waals surface area contributed by atoms with E-state index >= 15 is 0 Å². The van der Waals surface area contributed by atoms with Crippen LogP contribution in [-0.4, -0.2) is 89.2 Å². The smallest absolute Gasteiger partial charge is 0.335 e. The lowest BCUT2D eigenvalue weighted by Gasteiger charge is -2.40. The second kappa shape index (κ2) is 55.9. The molecule has 1 fully saturated rings. The second-order valence-electron chi connectivity index (χ2n) is 21.3. The Labute approximate surface area is 491 Å². The van der Waals surface area contributed by atoms with Crippen LogP contribution >= 0.6 is 0 Å². The molecule has 12 heteroatoms. The van der Waals surface area contributed by atoms with Crippen LogP contribution in [0.5, 0.6) is 0 Å². The molecule has 0 radical (unpaired) electrons. The molecule has 6 atom stereocenters. The Morgan fingerprint density at radius 2 is 0.778 bits per heavy atom. The average Bonchev–Trinajstić information content (AvgIpc) is 3.53. The molecule has 1 aliphatic rings. The summed E-state index contributed by atoms with van der Waals surface area (Å²) < 4.78 is 28.5. The highest BCUT2D eigenvalue weighted by atomic mass is 16.7. The minimum absolute atomic E-state index is 0.0455. The first-order valence-corrected chi connectivity index (χ1v) is 31.9. The predicted molar refractivity (Wildman–Crippen MR) is 330 cm³/mol. The minimum atomic E-state index is -1.92. The zero-order valence-corrected chi connectivity index (χ0v) is 50.7. The average molecular weight is 1130 g/mol. The molecule has 1 heterocycles. The Hall–Kier alpha value is -4.62. The van der Waals surface area contributed by atoms with Gasteiger partial charge in [-0.15, -0.1) is 0 Å². The number of carboxylic acid groups (broad SMARTS) is 1. The third-order valence-electron chi connectivity index (χ3n) is 13.8. The van der Waals surface area contributed by atoms with Gasteiger partial charge in [0, 0.05) is 19.3 Å². The molecule has 81 heavy (non-hydrogen) atoms. The highest BCUT2D eigenvalue weighted by Crippen LogP contribution is 2.26. The molecule has 6 unspecified atom stereocenters. The molecule has 1 rings (SSSR count). The summed E-state index contributed by atoms with van der Waals surface area (Å²) in [5, 5.41) is 31.6. The first-order chi connectivity index (χ1) is 39.6. The van der Waals surface area contributed by atoms with Crippen LogP contribution in [0.1, 0.15) is 252 Å². The summed E-state index contributed by atoms with van der Waals surface area (Å²) >= 11 is 0. The molecule has 12 nitrogen and oxygen atoms in total. The monoisotopic (exact) mass is 1130 g/mol. The number of aliphatic carboxylic acids is 1. The van der Waals surface area contributed by atoms with E-state index in [1.165, 1.54) is 51.4 Å². The molecule has 3 N–H and O–H groups in total. The maximum atomic E-state index is 13.2. The normalized spacial score (nSPS) is 18.5. The minimum Gasteiger partial charge on any atom is -0.479 e. The van der Waals surface area contributed by atoms with Gasteiger partial charge in [-0.05, 0) is 122 Å². The van der Waals surface area contributed by atoms with Gasteiger partial charge in [0.25, 0.3) is 0 Å². The van der Waals surface area contributed by atoms with Crippen LogP contribution in [0.15, 0.2) is 109 Å². The van der Waals surface area contributed by atoms with E-state index in [1.807, 2.05) is 0 Å². The molecular weight excluding hydrogens is 1020 g/mol. The summed E-state index contributed by atoms with van der Waals surface area (Å²) in [6.07, 6.45) is 63.3. The number of aliphatic hydroxyl groups is 2. The molecule has 0 bridgehead atoms. The fraction of sp³-hybridized carbons (Fsp3) is 0.681. The van der Waals surface area contributed by atoms with E-state index in [4.69, 9.17) is 23.7 Å². The number of carbonyl (C=O) groups is 4. The standard InChI is InChI=1S/C69H112O12/c1-4-7-10-13-16-19-22-25-28-30-31-33-35-37-40-43-46-49-52-55-61(70)77-58-60(79-62(71)56-53-50-47-44-41-38-34-27-24-21-18-15-12-9-6-3)59-78-69-67(65(74)64(73)66(81-69)68(75)76)80-63(72)57-54-51-48-45-42-39-36-32-29-26-23-20-17-14-11-8-5-2/h7,9-10,12,16,18-19,21,25-29,31,33-34,37,40,60,64-67,69,73-74H,4-6,8,11,13-15,17,20,22-24,30,32,35-36,38-39,41-59H2,1-3H3,(H,75,76)/b10-7-,12-9-,19-16-,21-18-,28-25-,29-26-,33-31-,34-27-,40-37-. The van der Waals surface area contributed by atoms with Crippen LogP contribution in [0.3, 0.4) is 0 Å². The van der Waals surface area contributed by atoms with Gasteiger partial charge < -0.3 is 39.0 Å². The zero-order valence-electron chi connectivity index (χ0n) is 50.7. The van der Waals surface area contributed by atoms with E-state index in [-0.39, 0.29) is 25.9 Å². The molecule has 0 aliphatic carbocycles. The van der Waals surface area contributed by atoms with Gasteiger partial charge in [-0.3, -0.25) is 14.4 Å². The summed E-state index contributed by atoms with van der Waals surface area (Å²) in [4.78, 5) is 51.3. The van der Waals surface area contributed by atoms with Crippen molar-refractivity contribution in [3.05, 3.63) is 109 Å². The van der Waals surface area contributed by atoms with Gasteiger partial charge in [0.2, 0.25) is 0 Å². The first-order valence-electron chi connectivity index (χ1n) is 31.9. The van der Waals surface area contributed by atoms with E-state index in [1.54, 1.807) is 0 Å². The van der Waals surface area contributed by atoms with Crippen molar-refractivity contribution in [3.63, 3.8) is 0 Å². The Morgan fingerprint density at radius 3 is 1.21 bits per heavy atom. The molecule has 460 valence electrons. The quantitative estimate of drug-likeness (QED) is 0.0228. The van der Waals surface area contributed by atoms with Gasteiger partial charge in [-0.2, -0.15) is 0 Å². The predicted octanol–water partition coefficient (Wildman–Crippen LogP) is 17.0. The molecule has 0 amide bonds. The van der Waals surface area contributed by atoms with Crippen molar-refractivity contribution in [1.82, 2.24) is 0 Å². The van der Waals surface area contributed by atoms with Crippen molar-refractivity contribution in [2.75, 3.05) is 13.2 Å². The van der Waals surface area contributed by atoms with Crippen LogP contribution in [0.4, 0.5) is 0 Å². The Morgan fingerprint density at radius 1 is 0.420 bits per heavy atom. The van der Waals surface area contributed by atoms with Gasteiger partial charge in [0.15, 0.2) is 24.6 Å². The van der Waals surface area contributed by atoms with E-state index in [0.29, 0.717) is 19.3 Å². The number of aliphatic hydroxyl groups excluding tert-OH is 2. The summed E-state index contributed by atoms with van der Waals surface area (Å²) in [5.41, 5.74) is 0. The van der Waals surface area contributed by atoms with E-state index < -0.39 is 67.3 Å².